The molecule has 0 aliphatic heterocycles. The Morgan fingerprint density at radius 2 is 2.47 bits per heavy atom. The van der Waals surface area contributed by atoms with Gasteiger partial charge in [-0.3, -0.25) is 0 Å². The summed E-state index contributed by atoms with van der Waals surface area (Å²) in [6, 6.07) is 4.10. The van der Waals surface area contributed by atoms with Crippen molar-refractivity contribution in [2.75, 3.05) is 6.54 Å². The molecular weight excluding hydrogens is 232 g/mol. The van der Waals surface area contributed by atoms with E-state index in [0.717, 1.165) is 23.0 Å². The van der Waals surface area contributed by atoms with E-state index >= 15 is 0 Å². The van der Waals surface area contributed by atoms with Gasteiger partial charge in [0.25, 0.3) is 0 Å². The van der Waals surface area contributed by atoms with Gasteiger partial charge in [0.05, 0.1) is 17.0 Å². The molecule has 0 saturated carbocycles. The highest BCUT2D eigenvalue weighted by molar-refractivity contribution is 7.09. The van der Waals surface area contributed by atoms with Crippen molar-refractivity contribution < 1.29 is 4.42 Å². The number of nitrogens with one attached hydrogen (secondary N) is 1. The van der Waals surface area contributed by atoms with Gasteiger partial charge in [-0.25, -0.2) is 4.98 Å². The van der Waals surface area contributed by atoms with Gasteiger partial charge in [-0.15, -0.1) is 11.3 Å². The number of nitrogens with zero attached hydrogens (tertiary/aromatic N) is 1. The molecule has 0 fully saturated rings. The minimum Gasteiger partial charge on any atom is -0.465 e. The number of aromatic nitrogens is 1. The zero-order valence-electron chi connectivity index (χ0n) is 10.0. The fourth-order valence-electron chi connectivity index (χ4n) is 1.49. The molecule has 4 heteroatoms. The molecule has 0 aliphatic carbocycles. The van der Waals surface area contributed by atoms with Crippen molar-refractivity contribution in [3.05, 3.63) is 46.3 Å². The maximum Gasteiger partial charge on any atom is 0.126 e. The van der Waals surface area contributed by atoms with Crippen LogP contribution in [0.15, 0.2) is 34.3 Å². The molecule has 0 unspecified atom stereocenters. The average molecular weight is 248 g/mol. The number of furan rings is 1. The van der Waals surface area contributed by atoms with Crippen LogP contribution >= 0.6 is 11.3 Å². The molecule has 0 aromatic carbocycles. The van der Waals surface area contributed by atoms with Crippen molar-refractivity contribution in [1.82, 2.24) is 10.3 Å². The second-order valence-corrected chi connectivity index (χ2v) is 4.90. The fourth-order valence-corrected chi connectivity index (χ4v) is 2.20. The molecule has 0 aliphatic rings. The van der Waals surface area contributed by atoms with E-state index in [-0.39, 0.29) is 6.04 Å². The molecule has 2 aromatic heterocycles. The van der Waals surface area contributed by atoms with Crippen LogP contribution in [0.1, 0.15) is 29.4 Å². The maximum atomic E-state index is 5.20. The zero-order valence-corrected chi connectivity index (χ0v) is 10.8. The lowest BCUT2D eigenvalue weighted by atomic mass is 10.2. The molecule has 2 heterocycles. The third-order valence-corrected chi connectivity index (χ3v) is 3.24. The molecule has 0 amide bonds. The molecule has 1 atom stereocenters. The molecule has 0 radical (unpaired) electrons. The van der Waals surface area contributed by atoms with Crippen LogP contribution < -0.4 is 5.32 Å². The van der Waals surface area contributed by atoms with E-state index in [4.69, 9.17) is 4.42 Å². The second-order valence-electron chi connectivity index (χ2n) is 3.84. The van der Waals surface area contributed by atoms with E-state index in [1.165, 1.54) is 0 Å². The Balaban J connectivity index is 1.79. The summed E-state index contributed by atoms with van der Waals surface area (Å²) in [5.74, 6) is 0.879. The first-order chi connectivity index (χ1) is 8.25. The number of thiazole rings is 1. The van der Waals surface area contributed by atoms with Gasteiger partial charge in [0.2, 0.25) is 0 Å². The van der Waals surface area contributed by atoms with Gasteiger partial charge in [-0.05, 0) is 32.1 Å². The molecule has 0 bridgehead atoms. The SMILES string of the molecule is Cc1nc([C@@H](C)NC/C=C/c2ccco2)cs1. The van der Waals surface area contributed by atoms with Crippen molar-refractivity contribution >= 4 is 17.4 Å². The molecule has 0 saturated heterocycles. The van der Waals surface area contributed by atoms with E-state index in [9.17, 15) is 0 Å². The largest absolute Gasteiger partial charge is 0.465 e. The van der Waals surface area contributed by atoms with Gasteiger partial charge in [-0.2, -0.15) is 0 Å². The highest BCUT2D eigenvalue weighted by Gasteiger charge is 2.06. The Bertz CT molecular complexity index is 473. The Morgan fingerprint density at radius 3 is 3.12 bits per heavy atom. The Hall–Kier alpha value is -1.39. The average Bonchev–Trinajstić information content (AvgIpc) is 2.95. The summed E-state index contributed by atoms with van der Waals surface area (Å²) >= 11 is 1.69. The number of hydrogen-bond donors (Lipinski definition) is 1. The van der Waals surface area contributed by atoms with Crippen molar-refractivity contribution in [2.45, 2.75) is 19.9 Å². The quantitative estimate of drug-likeness (QED) is 0.881. The van der Waals surface area contributed by atoms with Crippen LogP contribution in [0.3, 0.4) is 0 Å². The minimum atomic E-state index is 0.279. The maximum absolute atomic E-state index is 5.20. The molecule has 2 aromatic rings. The summed E-state index contributed by atoms with van der Waals surface area (Å²) in [6.45, 7) is 4.95. The van der Waals surface area contributed by atoms with Crippen LogP contribution in [0.25, 0.3) is 6.08 Å². The van der Waals surface area contributed by atoms with E-state index in [2.05, 4.69) is 28.7 Å². The van der Waals surface area contributed by atoms with Crippen molar-refractivity contribution in [3.63, 3.8) is 0 Å². The summed E-state index contributed by atoms with van der Waals surface area (Å²) in [4.78, 5) is 4.45. The summed E-state index contributed by atoms with van der Waals surface area (Å²) in [6.07, 6.45) is 5.69. The lowest BCUT2D eigenvalue weighted by Gasteiger charge is -2.08. The van der Waals surface area contributed by atoms with Crippen LogP contribution in [-0.2, 0) is 0 Å². The van der Waals surface area contributed by atoms with Gasteiger partial charge in [-0.1, -0.05) is 6.08 Å². The van der Waals surface area contributed by atoms with E-state index in [1.807, 2.05) is 25.1 Å². The normalized spacial score (nSPS) is 13.3. The Labute approximate surface area is 105 Å². The highest BCUT2D eigenvalue weighted by Crippen LogP contribution is 2.15. The lowest BCUT2D eigenvalue weighted by molar-refractivity contribution is 0.556. The topological polar surface area (TPSA) is 38.1 Å². The first-order valence-electron chi connectivity index (χ1n) is 5.61. The van der Waals surface area contributed by atoms with Crippen LogP contribution in [0, 0.1) is 6.92 Å². The first kappa shape index (κ1) is 12.1. The van der Waals surface area contributed by atoms with Gasteiger partial charge in [0.1, 0.15) is 5.76 Å². The van der Waals surface area contributed by atoms with Crippen LogP contribution in [0.2, 0.25) is 0 Å². The van der Waals surface area contributed by atoms with Gasteiger partial charge in [0, 0.05) is 18.0 Å². The summed E-state index contributed by atoms with van der Waals surface area (Å²) in [5.41, 5.74) is 1.11. The smallest absolute Gasteiger partial charge is 0.126 e. The van der Waals surface area contributed by atoms with Crippen LogP contribution in [-0.4, -0.2) is 11.5 Å². The third kappa shape index (κ3) is 3.54. The highest BCUT2D eigenvalue weighted by atomic mass is 32.1. The molecule has 3 nitrogen and oxygen atoms in total. The number of aryl methyl sites for hydroxylation is 1. The number of rotatable bonds is 5. The molecule has 1 N–H and O–H groups in total. The zero-order chi connectivity index (χ0) is 12.1. The van der Waals surface area contributed by atoms with Crippen LogP contribution in [0.4, 0.5) is 0 Å². The minimum absolute atomic E-state index is 0.279. The fraction of sp³-hybridized carbons (Fsp3) is 0.308. The predicted octanol–water partition coefficient (Wildman–Crippen LogP) is 3.41. The molecule has 17 heavy (non-hydrogen) atoms. The standard InChI is InChI=1S/C13H16N2OS/c1-10(13-9-17-11(2)15-13)14-7-3-5-12-6-4-8-16-12/h3-6,8-10,14H,7H2,1-2H3/b5-3+/t10-/m1/s1. The summed E-state index contributed by atoms with van der Waals surface area (Å²) in [5, 5.41) is 6.60. The van der Waals surface area contributed by atoms with Gasteiger partial charge < -0.3 is 9.73 Å². The molecular formula is C13H16N2OS. The Morgan fingerprint density at radius 1 is 1.59 bits per heavy atom. The molecule has 2 rings (SSSR count). The predicted molar refractivity (Wildman–Crippen MR) is 71.0 cm³/mol. The van der Waals surface area contributed by atoms with E-state index < -0.39 is 0 Å². The van der Waals surface area contributed by atoms with E-state index in [1.54, 1.807) is 17.6 Å². The second kappa shape index (κ2) is 5.80. The third-order valence-electron chi connectivity index (χ3n) is 2.45. The Kier molecular flexibility index (Phi) is 4.12. The van der Waals surface area contributed by atoms with Gasteiger partial charge >= 0.3 is 0 Å². The number of hydrogen-bond acceptors (Lipinski definition) is 4. The lowest BCUT2D eigenvalue weighted by Crippen LogP contribution is -2.18. The summed E-state index contributed by atoms with van der Waals surface area (Å²) < 4.78 is 5.20. The van der Waals surface area contributed by atoms with Gasteiger partial charge in [0.15, 0.2) is 0 Å². The summed E-state index contributed by atoms with van der Waals surface area (Å²) in [7, 11) is 0. The first-order valence-corrected chi connectivity index (χ1v) is 6.49. The van der Waals surface area contributed by atoms with Crippen molar-refractivity contribution in [1.29, 1.82) is 0 Å². The van der Waals surface area contributed by atoms with Crippen LogP contribution in [0.5, 0.6) is 0 Å². The monoisotopic (exact) mass is 248 g/mol. The molecule has 90 valence electrons. The van der Waals surface area contributed by atoms with Crippen molar-refractivity contribution in [3.8, 4) is 0 Å². The van der Waals surface area contributed by atoms with E-state index in [0.29, 0.717) is 0 Å². The molecule has 0 spiro atoms. The van der Waals surface area contributed by atoms with Crippen molar-refractivity contribution in [2.24, 2.45) is 0 Å².